The zero-order valence-corrected chi connectivity index (χ0v) is 7.45. The summed E-state index contributed by atoms with van der Waals surface area (Å²) in [5.41, 5.74) is 2.03. The smallest absolute Gasteiger partial charge is 0.180 e. The molecule has 1 aromatic rings. The molecule has 1 rings (SSSR count). The Morgan fingerprint density at radius 2 is 2.25 bits per heavy atom. The van der Waals surface area contributed by atoms with E-state index in [0.29, 0.717) is 0 Å². The van der Waals surface area contributed by atoms with Crippen LogP contribution < -0.4 is 0 Å². The number of hydrogen-bond donors (Lipinski definition) is 1. The summed E-state index contributed by atoms with van der Waals surface area (Å²) < 4.78 is 4.79. The van der Waals surface area contributed by atoms with Gasteiger partial charge in [-0.1, -0.05) is 31.2 Å². The van der Waals surface area contributed by atoms with Crippen LogP contribution in [-0.4, -0.2) is 12.2 Å². The Kier molecular flexibility index (Phi) is 3.26. The molecule has 2 heteroatoms. The first-order chi connectivity index (χ1) is 5.77. The molecule has 2 nitrogen and oxygen atoms in total. The SMILES string of the molecule is CCc1cccc(C(O)OC)c1. The van der Waals surface area contributed by atoms with Gasteiger partial charge in [-0.25, -0.2) is 0 Å². The van der Waals surface area contributed by atoms with E-state index >= 15 is 0 Å². The normalized spacial score (nSPS) is 12.9. The minimum atomic E-state index is -0.795. The van der Waals surface area contributed by atoms with Crippen LogP contribution in [0, 0.1) is 0 Å². The van der Waals surface area contributed by atoms with E-state index < -0.39 is 6.29 Å². The molecule has 0 aliphatic carbocycles. The fraction of sp³-hybridized carbons (Fsp3) is 0.400. The second kappa shape index (κ2) is 4.24. The predicted molar refractivity (Wildman–Crippen MR) is 47.8 cm³/mol. The van der Waals surface area contributed by atoms with E-state index in [9.17, 15) is 5.11 Å². The number of aliphatic hydroxyl groups is 1. The van der Waals surface area contributed by atoms with Crippen LogP contribution in [0.25, 0.3) is 0 Å². The number of rotatable bonds is 3. The topological polar surface area (TPSA) is 29.5 Å². The van der Waals surface area contributed by atoms with E-state index in [1.165, 1.54) is 12.7 Å². The van der Waals surface area contributed by atoms with Crippen LogP contribution in [-0.2, 0) is 11.2 Å². The fourth-order valence-electron chi connectivity index (χ4n) is 1.10. The van der Waals surface area contributed by atoms with E-state index in [2.05, 4.69) is 6.92 Å². The molecule has 0 spiro atoms. The molecular formula is C10H14O2. The highest BCUT2D eigenvalue weighted by Crippen LogP contribution is 2.14. The number of aryl methyl sites for hydroxylation is 1. The van der Waals surface area contributed by atoms with Crippen molar-refractivity contribution in [3.8, 4) is 0 Å². The number of ether oxygens (including phenoxy) is 1. The second-order valence-corrected chi connectivity index (χ2v) is 2.69. The van der Waals surface area contributed by atoms with Crippen molar-refractivity contribution in [2.75, 3.05) is 7.11 Å². The van der Waals surface area contributed by atoms with Gasteiger partial charge in [0.25, 0.3) is 0 Å². The van der Waals surface area contributed by atoms with Crippen LogP contribution in [0.15, 0.2) is 24.3 Å². The van der Waals surface area contributed by atoms with Crippen molar-refractivity contribution in [2.45, 2.75) is 19.6 Å². The van der Waals surface area contributed by atoms with Gasteiger partial charge in [0.2, 0.25) is 0 Å². The molecule has 1 N–H and O–H groups in total. The first-order valence-corrected chi connectivity index (χ1v) is 4.07. The Hall–Kier alpha value is -0.860. The van der Waals surface area contributed by atoms with Crippen LogP contribution in [0.1, 0.15) is 24.3 Å². The lowest BCUT2D eigenvalue weighted by atomic mass is 10.1. The highest BCUT2D eigenvalue weighted by Gasteiger charge is 2.04. The lowest BCUT2D eigenvalue weighted by Gasteiger charge is -2.09. The fourth-order valence-corrected chi connectivity index (χ4v) is 1.10. The Morgan fingerprint density at radius 1 is 1.50 bits per heavy atom. The van der Waals surface area contributed by atoms with Crippen LogP contribution in [0.4, 0.5) is 0 Å². The quantitative estimate of drug-likeness (QED) is 0.695. The summed E-state index contributed by atoms with van der Waals surface area (Å²) in [6.07, 6.45) is 0.182. The van der Waals surface area contributed by atoms with Gasteiger partial charge in [0.05, 0.1) is 0 Å². The summed E-state index contributed by atoms with van der Waals surface area (Å²) in [5.74, 6) is 0. The molecule has 1 aromatic carbocycles. The molecule has 0 heterocycles. The summed E-state index contributed by atoms with van der Waals surface area (Å²) in [7, 11) is 1.49. The monoisotopic (exact) mass is 166 g/mol. The molecule has 0 radical (unpaired) electrons. The second-order valence-electron chi connectivity index (χ2n) is 2.69. The van der Waals surface area contributed by atoms with Gasteiger partial charge < -0.3 is 9.84 Å². The predicted octanol–water partition coefficient (Wildman–Crippen LogP) is 1.89. The highest BCUT2D eigenvalue weighted by molar-refractivity contribution is 5.24. The number of aliphatic hydroxyl groups excluding tert-OH is 1. The number of benzene rings is 1. The molecule has 0 aliphatic rings. The minimum Gasteiger partial charge on any atom is -0.364 e. The number of hydrogen-bond acceptors (Lipinski definition) is 2. The van der Waals surface area contributed by atoms with Crippen molar-refractivity contribution >= 4 is 0 Å². The molecule has 0 saturated carbocycles. The maximum atomic E-state index is 9.33. The maximum absolute atomic E-state index is 9.33. The van der Waals surface area contributed by atoms with Gasteiger partial charge in [0, 0.05) is 12.7 Å². The minimum absolute atomic E-state index is 0.795. The van der Waals surface area contributed by atoms with E-state index in [0.717, 1.165) is 12.0 Å². The van der Waals surface area contributed by atoms with Crippen molar-refractivity contribution in [3.63, 3.8) is 0 Å². The Balaban J connectivity index is 2.86. The van der Waals surface area contributed by atoms with E-state index in [1.54, 1.807) is 0 Å². The Bertz CT molecular complexity index is 245. The van der Waals surface area contributed by atoms with Gasteiger partial charge in [0.15, 0.2) is 6.29 Å². The zero-order chi connectivity index (χ0) is 8.97. The Labute approximate surface area is 72.8 Å². The third kappa shape index (κ3) is 2.06. The summed E-state index contributed by atoms with van der Waals surface area (Å²) in [6, 6.07) is 7.77. The molecule has 0 aromatic heterocycles. The first kappa shape index (κ1) is 9.23. The van der Waals surface area contributed by atoms with E-state index in [1.807, 2.05) is 24.3 Å². The zero-order valence-electron chi connectivity index (χ0n) is 7.45. The van der Waals surface area contributed by atoms with Crippen LogP contribution in [0.3, 0.4) is 0 Å². The molecule has 1 atom stereocenters. The van der Waals surface area contributed by atoms with Gasteiger partial charge in [-0.3, -0.25) is 0 Å². The summed E-state index contributed by atoms with van der Waals surface area (Å²) in [5, 5.41) is 9.33. The summed E-state index contributed by atoms with van der Waals surface area (Å²) in [4.78, 5) is 0. The van der Waals surface area contributed by atoms with Gasteiger partial charge in [0.1, 0.15) is 0 Å². The summed E-state index contributed by atoms with van der Waals surface area (Å²) >= 11 is 0. The van der Waals surface area contributed by atoms with Gasteiger partial charge >= 0.3 is 0 Å². The molecule has 0 bridgehead atoms. The molecule has 0 fully saturated rings. The van der Waals surface area contributed by atoms with Gasteiger partial charge in [-0.05, 0) is 12.0 Å². The van der Waals surface area contributed by atoms with Gasteiger partial charge in [-0.2, -0.15) is 0 Å². The Morgan fingerprint density at radius 3 is 2.83 bits per heavy atom. The lowest BCUT2D eigenvalue weighted by molar-refractivity contribution is -0.0769. The lowest BCUT2D eigenvalue weighted by Crippen LogP contribution is -1.99. The van der Waals surface area contributed by atoms with Crippen molar-refractivity contribution in [1.82, 2.24) is 0 Å². The third-order valence-electron chi connectivity index (χ3n) is 1.87. The van der Waals surface area contributed by atoms with Gasteiger partial charge in [-0.15, -0.1) is 0 Å². The van der Waals surface area contributed by atoms with E-state index in [4.69, 9.17) is 4.74 Å². The largest absolute Gasteiger partial charge is 0.364 e. The van der Waals surface area contributed by atoms with Crippen molar-refractivity contribution in [1.29, 1.82) is 0 Å². The average molecular weight is 166 g/mol. The molecule has 66 valence electrons. The van der Waals surface area contributed by atoms with Crippen LogP contribution in [0.5, 0.6) is 0 Å². The van der Waals surface area contributed by atoms with E-state index in [-0.39, 0.29) is 0 Å². The first-order valence-electron chi connectivity index (χ1n) is 4.07. The highest BCUT2D eigenvalue weighted by atomic mass is 16.6. The van der Waals surface area contributed by atoms with Crippen LogP contribution in [0.2, 0.25) is 0 Å². The van der Waals surface area contributed by atoms with Crippen molar-refractivity contribution in [3.05, 3.63) is 35.4 Å². The van der Waals surface area contributed by atoms with Crippen LogP contribution >= 0.6 is 0 Å². The van der Waals surface area contributed by atoms with Crippen molar-refractivity contribution < 1.29 is 9.84 Å². The number of methoxy groups -OCH3 is 1. The molecule has 0 aliphatic heterocycles. The molecular weight excluding hydrogens is 152 g/mol. The standard InChI is InChI=1S/C10H14O2/c1-3-8-5-4-6-9(7-8)10(11)12-2/h4-7,10-11H,3H2,1-2H3. The maximum Gasteiger partial charge on any atom is 0.180 e. The summed E-state index contributed by atoms with van der Waals surface area (Å²) in [6.45, 7) is 2.08. The molecule has 12 heavy (non-hydrogen) atoms. The van der Waals surface area contributed by atoms with Crippen molar-refractivity contribution in [2.24, 2.45) is 0 Å². The average Bonchev–Trinajstić information content (AvgIpc) is 2.17. The molecule has 0 amide bonds. The third-order valence-corrected chi connectivity index (χ3v) is 1.87. The molecule has 1 unspecified atom stereocenters. The molecule has 0 saturated heterocycles.